The molecule has 0 fully saturated rings. The van der Waals surface area contributed by atoms with Crippen LogP contribution in [0.2, 0.25) is 0 Å². The van der Waals surface area contributed by atoms with Crippen LogP contribution in [0.25, 0.3) is 28.2 Å². The van der Waals surface area contributed by atoms with Gasteiger partial charge in [-0.05, 0) is 35.1 Å². The number of unbranched alkanes of at least 4 members (excludes halogenated alkanes) is 1. The van der Waals surface area contributed by atoms with E-state index in [2.05, 4.69) is 124 Å². The van der Waals surface area contributed by atoms with E-state index in [0.29, 0.717) is 5.92 Å². The summed E-state index contributed by atoms with van der Waals surface area (Å²) in [5.41, 5.74) is 7.51. The molecule has 0 N–H and O–H groups in total. The Bertz CT molecular complexity index is 1180. The molecule has 2 nitrogen and oxygen atoms in total. The molecule has 0 aliphatic heterocycles. The van der Waals surface area contributed by atoms with Crippen LogP contribution in [0.3, 0.4) is 0 Å². The maximum Gasteiger partial charge on any atom is 0.144 e. The quantitative estimate of drug-likeness (QED) is 0.270. The maximum absolute atomic E-state index is 5.00. The van der Waals surface area contributed by atoms with Gasteiger partial charge in [0.05, 0.1) is 5.69 Å². The third kappa shape index (κ3) is 4.80. The Kier molecular flexibility index (Phi) is 6.83. The first kappa shape index (κ1) is 23.0. The molecule has 33 heavy (non-hydrogen) atoms. The van der Waals surface area contributed by atoms with E-state index < -0.39 is 0 Å². The molecule has 0 unspecified atom stereocenters. The summed E-state index contributed by atoms with van der Waals surface area (Å²) in [4.78, 5) is 5.00. The highest BCUT2D eigenvalue weighted by Gasteiger charge is 2.28. The molecule has 4 aromatic rings. The van der Waals surface area contributed by atoms with Gasteiger partial charge in [-0.1, -0.05) is 120 Å². The molecule has 3 aromatic carbocycles. The average molecular weight is 437 g/mol. The molecule has 170 valence electrons. The van der Waals surface area contributed by atoms with Crippen molar-refractivity contribution in [3.05, 3.63) is 96.3 Å². The fourth-order valence-electron chi connectivity index (χ4n) is 4.65. The van der Waals surface area contributed by atoms with Crippen molar-refractivity contribution in [2.45, 2.75) is 65.2 Å². The lowest BCUT2D eigenvalue weighted by Crippen LogP contribution is -2.22. The fraction of sp³-hybridized carbons (Fsp3) is 0.323. The predicted molar refractivity (Wildman–Crippen MR) is 141 cm³/mol. The highest BCUT2D eigenvalue weighted by Crippen LogP contribution is 2.38. The van der Waals surface area contributed by atoms with Crippen molar-refractivity contribution in [1.82, 2.24) is 9.55 Å². The van der Waals surface area contributed by atoms with E-state index in [9.17, 15) is 0 Å². The number of rotatable bonds is 8. The van der Waals surface area contributed by atoms with E-state index >= 15 is 0 Å². The topological polar surface area (TPSA) is 17.8 Å². The standard InChI is InChI=1S/C31H36N2/c1-6-7-20-31(4,5)29-22-32-30(25-16-12-9-13-17-25)33(29)28-21-26(18-19-27(28)23(2)3)24-14-10-8-11-15-24/h8-19,21-23H,6-7,20H2,1-5H3. The molecule has 0 saturated carbocycles. The maximum atomic E-state index is 5.00. The lowest BCUT2D eigenvalue weighted by atomic mass is 9.83. The highest BCUT2D eigenvalue weighted by atomic mass is 15.1. The van der Waals surface area contributed by atoms with E-state index in [1.165, 1.54) is 40.9 Å². The van der Waals surface area contributed by atoms with Gasteiger partial charge in [-0.25, -0.2) is 4.98 Å². The second-order valence-electron chi connectivity index (χ2n) is 9.95. The number of hydrogen-bond acceptors (Lipinski definition) is 1. The number of aromatic nitrogens is 2. The van der Waals surface area contributed by atoms with Crippen LogP contribution in [0.5, 0.6) is 0 Å². The fourth-order valence-corrected chi connectivity index (χ4v) is 4.65. The van der Waals surface area contributed by atoms with E-state index in [4.69, 9.17) is 4.98 Å². The molecular formula is C31H36N2. The molecule has 0 aliphatic carbocycles. The minimum atomic E-state index is 0.0209. The summed E-state index contributed by atoms with van der Waals surface area (Å²) in [5.74, 6) is 1.42. The van der Waals surface area contributed by atoms with Crippen LogP contribution in [-0.2, 0) is 5.41 Å². The summed E-state index contributed by atoms with van der Waals surface area (Å²) in [7, 11) is 0. The van der Waals surface area contributed by atoms with E-state index in [1.54, 1.807) is 0 Å². The number of hydrogen-bond donors (Lipinski definition) is 0. The molecule has 1 heterocycles. The Morgan fingerprint density at radius 2 is 1.45 bits per heavy atom. The molecule has 0 saturated heterocycles. The number of imidazole rings is 1. The zero-order valence-corrected chi connectivity index (χ0v) is 20.7. The lowest BCUT2D eigenvalue weighted by Gasteiger charge is -2.28. The molecule has 0 amide bonds. The van der Waals surface area contributed by atoms with Crippen LogP contribution in [0.15, 0.2) is 85.1 Å². The Hall–Kier alpha value is -3.13. The molecule has 0 radical (unpaired) electrons. The van der Waals surface area contributed by atoms with E-state index in [1.807, 2.05) is 0 Å². The monoisotopic (exact) mass is 436 g/mol. The van der Waals surface area contributed by atoms with Crippen molar-refractivity contribution in [2.75, 3.05) is 0 Å². The first-order valence-electron chi connectivity index (χ1n) is 12.3. The summed E-state index contributed by atoms with van der Waals surface area (Å²) in [6.07, 6.45) is 5.65. The SMILES string of the molecule is CCCCC(C)(C)c1cnc(-c2ccccc2)n1-c1cc(-c2ccccc2)ccc1C(C)C. The second-order valence-corrected chi connectivity index (χ2v) is 9.95. The molecule has 0 bridgehead atoms. The van der Waals surface area contributed by atoms with Crippen LogP contribution in [0.4, 0.5) is 0 Å². The Morgan fingerprint density at radius 3 is 2.06 bits per heavy atom. The van der Waals surface area contributed by atoms with Crippen molar-refractivity contribution < 1.29 is 0 Å². The third-order valence-corrected chi connectivity index (χ3v) is 6.64. The van der Waals surface area contributed by atoms with Gasteiger partial charge in [-0.2, -0.15) is 0 Å². The molecule has 0 spiro atoms. The number of nitrogens with zero attached hydrogens (tertiary/aromatic N) is 2. The number of benzene rings is 3. The summed E-state index contributed by atoms with van der Waals surface area (Å²) in [6.45, 7) is 11.6. The second kappa shape index (κ2) is 9.79. The lowest BCUT2D eigenvalue weighted by molar-refractivity contribution is 0.439. The van der Waals surface area contributed by atoms with Gasteiger partial charge < -0.3 is 0 Å². The summed E-state index contributed by atoms with van der Waals surface area (Å²) in [5, 5.41) is 0. The van der Waals surface area contributed by atoms with Gasteiger partial charge in [0.2, 0.25) is 0 Å². The van der Waals surface area contributed by atoms with Crippen molar-refractivity contribution >= 4 is 0 Å². The van der Waals surface area contributed by atoms with Gasteiger partial charge in [0.1, 0.15) is 5.82 Å². The van der Waals surface area contributed by atoms with Crippen molar-refractivity contribution in [1.29, 1.82) is 0 Å². The largest absolute Gasteiger partial charge is 0.296 e. The van der Waals surface area contributed by atoms with Crippen molar-refractivity contribution in [3.8, 4) is 28.2 Å². The molecular weight excluding hydrogens is 400 g/mol. The summed E-state index contributed by atoms with van der Waals surface area (Å²) < 4.78 is 2.44. The smallest absolute Gasteiger partial charge is 0.144 e. The minimum Gasteiger partial charge on any atom is -0.296 e. The molecule has 0 aliphatic rings. The molecule has 1 aromatic heterocycles. The van der Waals surface area contributed by atoms with Gasteiger partial charge in [0.15, 0.2) is 0 Å². The predicted octanol–water partition coefficient (Wildman–Crippen LogP) is 8.80. The van der Waals surface area contributed by atoms with Gasteiger partial charge >= 0.3 is 0 Å². The van der Waals surface area contributed by atoms with E-state index in [-0.39, 0.29) is 5.41 Å². The van der Waals surface area contributed by atoms with Crippen molar-refractivity contribution in [2.24, 2.45) is 0 Å². The normalized spacial score (nSPS) is 11.8. The van der Waals surface area contributed by atoms with Crippen LogP contribution >= 0.6 is 0 Å². The Morgan fingerprint density at radius 1 is 0.818 bits per heavy atom. The van der Waals surface area contributed by atoms with E-state index in [0.717, 1.165) is 17.8 Å². The Labute approximate surface area is 199 Å². The third-order valence-electron chi connectivity index (χ3n) is 6.64. The van der Waals surface area contributed by atoms with Crippen LogP contribution in [0.1, 0.15) is 71.1 Å². The zero-order chi connectivity index (χ0) is 23.4. The van der Waals surface area contributed by atoms with Gasteiger partial charge in [-0.15, -0.1) is 0 Å². The first-order chi connectivity index (χ1) is 15.9. The van der Waals surface area contributed by atoms with Gasteiger partial charge in [0, 0.05) is 22.9 Å². The minimum absolute atomic E-state index is 0.0209. The molecule has 0 atom stereocenters. The van der Waals surface area contributed by atoms with Crippen molar-refractivity contribution in [3.63, 3.8) is 0 Å². The summed E-state index contributed by atoms with van der Waals surface area (Å²) in [6, 6.07) is 28.2. The average Bonchev–Trinajstić information content (AvgIpc) is 3.29. The first-order valence-corrected chi connectivity index (χ1v) is 12.3. The van der Waals surface area contributed by atoms with Gasteiger partial charge in [0.25, 0.3) is 0 Å². The Balaban J connectivity index is 1.99. The molecule has 2 heteroatoms. The van der Waals surface area contributed by atoms with Crippen LogP contribution in [0, 0.1) is 0 Å². The molecule has 4 rings (SSSR count). The highest BCUT2D eigenvalue weighted by molar-refractivity contribution is 5.70. The summed E-state index contributed by atoms with van der Waals surface area (Å²) >= 11 is 0. The van der Waals surface area contributed by atoms with Crippen LogP contribution < -0.4 is 0 Å². The zero-order valence-electron chi connectivity index (χ0n) is 20.7. The van der Waals surface area contributed by atoms with Crippen LogP contribution in [-0.4, -0.2) is 9.55 Å². The van der Waals surface area contributed by atoms with Gasteiger partial charge in [-0.3, -0.25) is 4.57 Å².